The second kappa shape index (κ2) is 6.39. The van der Waals surface area contributed by atoms with Crippen molar-refractivity contribution in [1.82, 2.24) is 10.6 Å². The van der Waals surface area contributed by atoms with Crippen molar-refractivity contribution in [3.05, 3.63) is 0 Å². The molecule has 1 amide bonds. The highest BCUT2D eigenvalue weighted by Crippen LogP contribution is 2.23. The number of amides is 1. The standard InChI is InChI=1S/C14H26N2O/c1-11-7-3-2-4-8-12(11)16-14(17)13-9-5-6-10-15-13/h11-13,15H,2-10H2,1H3,(H,16,17)/t11?,12?,13-/m0/s1. The molecule has 1 saturated carbocycles. The third-order valence-corrected chi connectivity index (χ3v) is 4.32. The summed E-state index contributed by atoms with van der Waals surface area (Å²) in [6.45, 7) is 3.28. The van der Waals surface area contributed by atoms with Crippen LogP contribution >= 0.6 is 0 Å². The molecule has 3 atom stereocenters. The molecule has 0 aromatic carbocycles. The molecule has 2 fully saturated rings. The maximum atomic E-state index is 12.2. The van der Waals surface area contributed by atoms with Gasteiger partial charge in [-0.1, -0.05) is 32.6 Å². The second-order valence-corrected chi connectivity index (χ2v) is 5.73. The molecule has 1 aliphatic heterocycles. The van der Waals surface area contributed by atoms with Crippen LogP contribution in [-0.4, -0.2) is 24.5 Å². The molecule has 3 nitrogen and oxygen atoms in total. The van der Waals surface area contributed by atoms with Gasteiger partial charge in [-0.15, -0.1) is 0 Å². The maximum absolute atomic E-state index is 12.2. The molecule has 0 bridgehead atoms. The lowest BCUT2D eigenvalue weighted by Gasteiger charge is -2.28. The summed E-state index contributed by atoms with van der Waals surface area (Å²) in [4.78, 5) is 12.2. The van der Waals surface area contributed by atoms with Crippen molar-refractivity contribution < 1.29 is 4.79 Å². The highest BCUT2D eigenvalue weighted by atomic mass is 16.2. The van der Waals surface area contributed by atoms with Gasteiger partial charge in [0.2, 0.25) is 5.91 Å². The fourth-order valence-corrected chi connectivity index (χ4v) is 3.07. The molecule has 17 heavy (non-hydrogen) atoms. The summed E-state index contributed by atoms with van der Waals surface area (Å²) in [5, 5.41) is 6.60. The zero-order valence-corrected chi connectivity index (χ0v) is 11.0. The van der Waals surface area contributed by atoms with Crippen LogP contribution in [0.1, 0.15) is 58.3 Å². The van der Waals surface area contributed by atoms with E-state index in [0.717, 1.165) is 13.0 Å². The molecule has 1 saturated heterocycles. The van der Waals surface area contributed by atoms with Gasteiger partial charge in [-0.25, -0.2) is 0 Å². The summed E-state index contributed by atoms with van der Waals surface area (Å²) < 4.78 is 0. The van der Waals surface area contributed by atoms with Crippen molar-refractivity contribution >= 4 is 5.91 Å². The average molecular weight is 238 g/mol. The van der Waals surface area contributed by atoms with E-state index in [4.69, 9.17) is 0 Å². The molecule has 2 aliphatic rings. The van der Waals surface area contributed by atoms with E-state index in [9.17, 15) is 4.79 Å². The van der Waals surface area contributed by atoms with E-state index in [1.165, 1.54) is 44.9 Å². The highest BCUT2D eigenvalue weighted by molar-refractivity contribution is 5.82. The minimum Gasteiger partial charge on any atom is -0.352 e. The molecule has 0 radical (unpaired) electrons. The first-order valence-electron chi connectivity index (χ1n) is 7.31. The Morgan fingerprint density at radius 3 is 2.59 bits per heavy atom. The minimum atomic E-state index is 0.0687. The molecule has 0 aromatic rings. The van der Waals surface area contributed by atoms with Crippen molar-refractivity contribution in [3.63, 3.8) is 0 Å². The van der Waals surface area contributed by atoms with Gasteiger partial charge in [0.1, 0.15) is 0 Å². The number of hydrogen-bond acceptors (Lipinski definition) is 2. The van der Waals surface area contributed by atoms with Gasteiger partial charge < -0.3 is 10.6 Å². The van der Waals surface area contributed by atoms with Gasteiger partial charge in [-0.3, -0.25) is 4.79 Å². The van der Waals surface area contributed by atoms with E-state index in [-0.39, 0.29) is 11.9 Å². The van der Waals surface area contributed by atoms with Crippen molar-refractivity contribution in [3.8, 4) is 0 Å². The average Bonchev–Trinajstić information content (AvgIpc) is 2.56. The quantitative estimate of drug-likeness (QED) is 0.724. The van der Waals surface area contributed by atoms with E-state index < -0.39 is 0 Å². The molecule has 1 aliphatic carbocycles. The Labute approximate surface area is 105 Å². The van der Waals surface area contributed by atoms with Crippen LogP contribution in [0.15, 0.2) is 0 Å². The lowest BCUT2D eigenvalue weighted by atomic mass is 9.96. The van der Waals surface area contributed by atoms with Gasteiger partial charge in [0.05, 0.1) is 6.04 Å². The van der Waals surface area contributed by atoms with Gasteiger partial charge >= 0.3 is 0 Å². The monoisotopic (exact) mass is 238 g/mol. The van der Waals surface area contributed by atoms with E-state index >= 15 is 0 Å². The van der Waals surface area contributed by atoms with Crippen molar-refractivity contribution in [2.75, 3.05) is 6.54 Å². The minimum absolute atomic E-state index is 0.0687. The number of nitrogens with one attached hydrogen (secondary N) is 2. The van der Waals surface area contributed by atoms with Gasteiger partial charge in [0.15, 0.2) is 0 Å². The third-order valence-electron chi connectivity index (χ3n) is 4.32. The van der Waals surface area contributed by atoms with Crippen LogP contribution in [0.4, 0.5) is 0 Å². The largest absolute Gasteiger partial charge is 0.352 e. The van der Waals surface area contributed by atoms with Crippen LogP contribution in [0.2, 0.25) is 0 Å². The lowest BCUT2D eigenvalue weighted by Crippen LogP contribution is -2.50. The normalized spacial score (nSPS) is 35.0. The zero-order chi connectivity index (χ0) is 12.1. The Hall–Kier alpha value is -0.570. The number of carbonyl (C=O) groups excluding carboxylic acids is 1. The molecule has 98 valence electrons. The Bertz CT molecular complexity index is 249. The summed E-state index contributed by atoms with van der Waals surface area (Å²) in [7, 11) is 0. The first kappa shape index (κ1) is 12.9. The molecule has 1 heterocycles. The molecule has 2 rings (SSSR count). The number of carbonyl (C=O) groups is 1. The van der Waals surface area contributed by atoms with Crippen molar-refractivity contribution in [2.24, 2.45) is 5.92 Å². The van der Waals surface area contributed by atoms with E-state index in [1.807, 2.05) is 0 Å². The van der Waals surface area contributed by atoms with Crippen LogP contribution < -0.4 is 10.6 Å². The summed E-state index contributed by atoms with van der Waals surface area (Å²) in [6.07, 6.45) is 9.77. The maximum Gasteiger partial charge on any atom is 0.237 e. The smallest absolute Gasteiger partial charge is 0.237 e. The van der Waals surface area contributed by atoms with Crippen LogP contribution in [-0.2, 0) is 4.79 Å². The molecule has 0 aromatic heterocycles. The Balaban J connectivity index is 1.83. The number of hydrogen-bond donors (Lipinski definition) is 2. The predicted octanol–water partition coefficient (Wildman–Crippen LogP) is 2.21. The van der Waals surface area contributed by atoms with Gasteiger partial charge in [-0.05, 0) is 38.1 Å². The van der Waals surface area contributed by atoms with E-state index in [2.05, 4.69) is 17.6 Å². The summed E-state index contributed by atoms with van der Waals surface area (Å²) in [5.41, 5.74) is 0. The third kappa shape index (κ3) is 3.70. The van der Waals surface area contributed by atoms with Gasteiger partial charge in [0.25, 0.3) is 0 Å². The van der Waals surface area contributed by atoms with Crippen LogP contribution in [0.5, 0.6) is 0 Å². The highest BCUT2D eigenvalue weighted by Gasteiger charge is 2.26. The van der Waals surface area contributed by atoms with E-state index in [0.29, 0.717) is 12.0 Å². The number of rotatable bonds is 2. The lowest BCUT2D eigenvalue weighted by molar-refractivity contribution is -0.124. The Morgan fingerprint density at radius 2 is 1.82 bits per heavy atom. The Kier molecular flexibility index (Phi) is 4.84. The molecular weight excluding hydrogens is 212 g/mol. The predicted molar refractivity (Wildman–Crippen MR) is 69.8 cm³/mol. The van der Waals surface area contributed by atoms with Crippen molar-refractivity contribution in [1.29, 1.82) is 0 Å². The van der Waals surface area contributed by atoms with Crippen LogP contribution in [0.25, 0.3) is 0 Å². The molecule has 2 unspecified atom stereocenters. The van der Waals surface area contributed by atoms with Crippen LogP contribution in [0.3, 0.4) is 0 Å². The van der Waals surface area contributed by atoms with Crippen LogP contribution in [0, 0.1) is 5.92 Å². The molecular formula is C14H26N2O. The fraction of sp³-hybridized carbons (Fsp3) is 0.929. The molecule has 2 N–H and O–H groups in total. The summed E-state index contributed by atoms with van der Waals surface area (Å²) in [5.74, 6) is 0.883. The van der Waals surface area contributed by atoms with Crippen molar-refractivity contribution in [2.45, 2.75) is 70.4 Å². The second-order valence-electron chi connectivity index (χ2n) is 5.73. The number of piperidine rings is 1. The van der Waals surface area contributed by atoms with E-state index in [1.54, 1.807) is 0 Å². The summed E-state index contributed by atoms with van der Waals surface area (Å²) in [6, 6.07) is 0.480. The SMILES string of the molecule is CC1CCCCCC1NC(=O)[C@@H]1CCCCN1. The van der Waals surface area contributed by atoms with Gasteiger partial charge in [-0.2, -0.15) is 0 Å². The molecule has 3 heteroatoms. The first-order valence-corrected chi connectivity index (χ1v) is 7.31. The molecule has 0 spiro atoms. The Morgan fingerprint density at radius 1 is 1.06 bits per heavy atom. The zero-order valence-electron chi connectivity index (χ0n) is 11.0. The topological polar surface area (TPSA) is 41.1 Å². The summed E-state index contributed by atoms with van der Waals surface area (Å²) >= 11 is 0. The fourth-order valence-electron chi connectivity index (χ4n) is 3.07. The van der Waals surface area contributed by atoms with Gasteiger partial charge in [0, 0.05) is 6.04 Å². The first-order chi connectivity index (χ1) is 8.27.